The number of hydrogen-bond donors (Lipinski definition) is 2. The van der Waals surface area contributed by atoms with E-state index < -0.39 is 17.9 Å². The maximum Gasteiger partial charge on any atom is 0.256 e. The number of amides is 2. The van der Waals surface area contributed by atoms with E-state index in [0.29, 0.717) is 46.8 Å². The lowest BCUT2D eigenvalue weighted by molar-refractivity contribution is -0.125. The third kappa shape index (κ3) is 6.71. The summed E-state index contributed by atoms with van der Waals surface area (Å²) in [7, 11) is 1.45. The number of halogens is 2. The number of nitrogens with one attached hydrogen (secondary N) is 2. The zero-order valence-electron chi connectivity index (χ0n) is 22.9. The van der Waals surface area contributed by atoms with Crippen molar-refractivity contribution in [3.63, 3.8) is 0 Å². The van der Waals surface area contributed by atoms with Crippen LogP contribution in [0.1, 0.15) is 65.3 Å². The van der Waals surface area contributed by atoms with Crippen LogP contribution in [0.3, 0.4) is 0 Å². The lowest BCUT2D eigenvalue weighted by atomic mass is 10.1. The largest absolute Gasteiger partial charge is 0.497 e. The highest BCUT2D eigenvalue weighted by molar-refractivity contribution is 7.13. The molecule has 2 atom stereocenters. The number of aliphatic imine (C=N–C) groups is 2. The Labute approximate surface area is 242 Å². The summed E-state index contributed by atoms with van der Waals surface area (Å²) in [6.07, 6.45) is 1.61. The van der Waals surface area contributed by atoms with Gasteiger partial charge < -0.3 is 25.0 Å². The van der Waals surface area contributed by atoms with Gasteiger partial charge in [0.15, 0.2) is 0 Å². The highest BCUT2D eigenvalue weighted by Crippen LogP contribution is 2.36. The van der Waals surface area contributed by atoms with Crippen LogP contribution >= 0.6 is 22.9 Å². The summed E-state index contributed by atoms with van der Waals surface area (Å²) >= 11 is 7.86. The zero-order valence-corrected chi connectivity index (χ0v) is 24.5. The molecular weight excluding hydrogens is 557 g/mol. The van der Waals surface area contributed by atoms with E-state index in [1.807, 2.05) is 0 Å². The van der Waals surface area contributed by atoms with Crippen LogP contribution in [0.2, 0.25) is 0 Å². The van der Waals surface area contributed by atoms with Crippen molar-refractivity contribution in [1.82, 2.24) is 15.5 Å². The summed E-state index contributed by atoms with van der Waals surface area (Å²) < 4.78 is 24.5. The van der Waals surface area contributed by atoms with Crippen molar-refractivity contribution in [3.8, 4) is 5.75 Å². The molecule has 3 heterocycles. The molecule has 1 aromatic heterocycles. The van der Waals surface area contributed by atoms with Gasteiger partial charge in [-0.05, 0) is 64.1 Å². The lowest BCUT2D eigenvalue weighted by Gasteiger charge is -2.25. The standard InChI is InChI=1S/C28H33ClFN5O4S/c1-15(29)25(34-28(31-4)33-20-6-8-39-9-7-20)23-13-22-24(40-23)14-35(27(22)37)17(3)26(36)32-16(2)18-10-19(30)12-21(11-18)38-5/h10-13,16-17,20H,4,6-9,14H2,1-3,5H3,(H,32,36)(H,33,34)/b25-15+/t16-,17-/m1/s1. The number of rotatable bonds is 8. The van der Waals surface area contributed by atoms with Crippen molar-refractivity contribution in [2.24, 2.45) is 9.98 Å². The van der Waals surface area contributed by atoms with E-state index in [1.54, 1.807) is 32.9 Å². The molecule has 12 heteroatoms. The maximum absolute atomic E-state index is 13.9. The Morgan fingerprint density at radius 1 is 1.27 bits per heavy atom. The fourth-order valence-electron chi connectivity index (χ4n) is 4.58. The van der Waals surface area contributed by atoms with Gasteiger partial charge in [0.25, 0.3) is 5.91 Å². The number of fused-ring (bicyclic) bond motifs is 1. The molecule has 1 aromatic carbocycles. The molecule has 2 aliphatic heterocycles. The van der Waals surface area contributed by atoms with Crippen LogP contribution in [0.4, 0.5) is 4.39 Å². The Balaban J connectivity index is 1.44. The van der Waals surface area contributed by atoms with Crippen LogP contribution in [-0.4, -0.2) is 61.8 Å². The normalized spacial score (nSPS) is 18.1. The summed E-state index contributed by atoms with van der Waals surface area (Å²) in [5, 5.41) is 6.55. The Kier molecular flexibility index (Phi) is 9.60. The second kappa shape index (κ2) is 12.9. The average Bonchev–Trinajstić information content (AvgIpc) is 3.49. The Morgan fingerprint density at radius 3 is 2.62 bits per heavy atom. The molecule has 0 spiro atoms. The first kappa shape index (κ1) is 29.7. The van der Waals surface area contributed by atoms with Gasteiger partial charge in [-0.2, -0.15) is 0 Å². The predicted molar refractivity (Wildman–Crippen MR) is 156 cm³/mol. The van der Waals surface area contributed by atoms with Gasteiger partial charge in [-0.15, -0.1) is 11.3 Å². The van der Waals surface area contributed by atoms with Crippen LogP contribution in [0.5, 0.6) is 5.75 Å². The molecule has 0 saturated carbocycles. The van der Waals surface area contributed by atoms with Crippen LogP contribution in [0, 0.1) is 5.82 Å². The van der Waals surface area contributed by atoms with Gasteiger partial charge in [0.05, 0.1) is 41.9 Å². The van der Waals surface area contributed by atoms with E-state index in [-0.39, 0.29) is 24.4 Å². The third-order valence-electron chi connectivity index (χ3n) is 6.92. The van der Waals surface area contributed by atoms with E-state index in [4.69, 9.17) is 21.1 Å². The summed E-state index contributed by atoms with van der Waals surface area (Å²) in [6.45, 7) is 10.4. The Bertz CT molecular complexity index is 1350. The highest BCUT2D eigenvalue weighted by atomic mass is 35.5. The van der Waals surface area contributed by atoms with Crippen LogP contribution in [0.15, 0.2) is 39.3 Å². The summed E-state index contributed by atoms with van der Waals surface area (Å²) in [4.78, 5) is 38.2. The van der Waals surface area contributed by atoms with Crippen LogP contribution in [-0.2, 0) is 16.1 Å². The first-order valence-electron chi connectivity index (χ1n) is 13.0. The zero-order chi connectivity index (χ0) is 29.0. The smallest absolute Gasteiger partial charge is 0.256 e. The molecule has 40 heavy (non-hydrogen) atoms. The summed E-state index contributed by atoms with van der Waals surface area (Å²) in [6, 6.07) is 4.92. The molecule has 1 saturated heterocycles. The number of hydrogen-bond acceptors (Lipinski definition) is 6. The number of carbonyl (C=O) groups is 2. The number of carbonyl (C=O) groups excluding carboxylic acids is 2. The van der Waals surface area contributed by atoms with Crippen molar-refractivity contribution in [2.45, 2.75) is 58.3 Å². The topological polar surface area (TPSA) is 105 Å². The monoisotopic (exact) mass is 589 g/mol. The van der Waals surface area contributed by atoms with E-state index in [1.165, 1.54) is 35.5 Å². The fourth-order valence-corrected chi connectivity index (χ4v) is 6.00. The lowest BCUT2D eigenvalue weighted by Crippen LogP contribution is -2.45. The van der Waals surface area contributed by atoms with Gasteiger partial charge in [0, 0.05) is 29.2 Å². The van der Waals surface area contributed by atoms with E-state index in [9.17, 15) is 14.0 Å². The SMILES string of the molecule is C=NC(=NC1CCOCC1)N/C(=C(\C)Cl)c1cc2c(s1)CN([C@H](C)C(=O)N[C@H](C)c1cc(F)cc(OC)c1)C2=O. The van der Waals surface area contributed by atoms with Crippen molar-refractivity contribution in [2.75, 3.05) is 20.3 Å². The van der Waals surface area contributed by atoms with Gasteiger partial charge in [-0.25, -0.2) is 14.4 Å². The fraction of sp³-hybridized carbons (Fsp3) is 0.429. The van der Waals surface area contributed by atoms with Gasteiger partial charge in [0.1, 0.15) is 17.6 Å². The summed E-state index contributed by atoms with van der Waals surface area (Å²) in [5.41, 5.74) is 1.68. The minimum Gasteiger partial charge on any atom is -0.497 e. The Morgan fingerprint density at radius 2 is 2.00 bits per heavy atom. The molecule has 2 amide bonds. The minimum atomic E-state index is -0.737. The van der Waals surface area contributed by atoms with E-state index in [0.717, 1.165) is 22.6 Å². The number of methoxy groups -OCH3 is 1. The molecule has 1 fully saturated rings. The van der Waals surface area contributed by atoms with Gasteiger partial charge in [-0.1, -0.05) is 11.6 Å². The number of ether oxygens (including phenoxy) is 2. The molecule has 2 N–H and O–H groups in total. The quantitative estimate of drug-likeness (QED) is 0.338. The van der Waals surface area contributed by atoms with E-state index in [2.05, 4.69) is 27.3 Å². The van der Waals surface area contributed by atoms with Crippen molar-refractivity contribution in [1.29, 1.82) is 0 Å². The maximum atomic E-state index is 13.9. The number of benzene rings is 1. The first-order chi connectivity index (χ1) is 19.1. The van der Waals surface area contributed by atoms with Gasteiger partial charge >= 0.3 is 0 Å². The van der Waals surface area contributed by atoms with Crippen LogP contribution in [0.25, 0.3) is 5.70 Å². The Hall–Kier alpha value is -3.28. The van der Waals surface area contributed by atoms with Crippen molar-refractivity contribution in [3.05, 3.63) is 56.0 Å². The van der Waals surface area contributed by atoms with Crippen molar-refractivity contribution >= 4 is 53.1 Å². The molecule has 0 bridgehead atoms. The summed E-state index contributed by atoms with van der Waals surface area (Å²) in [5.74, 6) is -0.327. The molecule has 9 nitrogen and oxygen atoms in total. The van der Waals surface area contributed by atoms with Crippen molar-refractivity contribution < 1.29 is 23.5 Å². The minimum absolute atomic E-state index is 0.0837. The second-order valence-corrected chi connectivity index (χ2v) is 11.4. The average molecular weight is 590 g/mol. The molecule has 214 valence electrons. The highest BCUT2D eigenvalue weighted by Gasteiger charge is 2.36. The van der Waals surface area contributed by atoms with Gasteiger partial charge in [0.2, 0.25) is 11.9 Å². The number of guanidine groups is 1. The molecule has 0 radical (unpaired) electrons. The molecule has 2 aromatic rings. The number of thiophene rings is 1. The molecule has 0 unspecified atom stereocenters. The second-order valence-electron chi connectivity index (χ2n) is 9.70. The van der Waals surface area contributed by atoms with Crippen LogP contribution < -0.4 is 15.4 Å². The van der Waals surface area contributed by atoms with Gasteiger partial charge in [-0.3, -0.25) is 9.59 Å². The molecular formula is C28H33ClFN5O4S. The molecule has 4 rings (SSSR count). The predicted octanol–water partition coefficient (Wildman–Crippen LogP) is 4.87. The van der Waals surface area contributed by atoms with E-state index >= 15 is 0 Å². The molecule has 2 aliphatic rings. The number of nitrogens with zero attached hydrogens (tertiary/aromatic N) is 3. The third-order valence-corrected chi connectivity index (χ3v) is 8.25. The number of allylic oxidation sites excluding steroid dienone is 1. The molecule has 0 aliphatic carbocycles. The first-order valence-corrected chi connectivity index (χ1v) is 14.1.